The predicted octanol–water partition coefficient (Wildman–Crippen LogP) is 2.64. The van der Waals surface area contributed by atoms with Crippen molar-refractivity contribution in [3.05, 3.63) is 11.1 Å². The standard InChI is InChI=1S/C10H20.2H3O3P/c1-5-9(6-2)10(7-3)8-4;2*1-4(2)3/h5-8H2,1-4H3;2*4H,(H2,1,2,3). The summed E-state index contributed by atoms with van der Waals surface area (Å²) in [6.45, 7) is 9.02. The molecular formula is C10H26O6P2. The molecule has 0 heterocycles. The molecule has 0 aliphatic carbocycles. The second-order valence-electron chi connectivity index (χ2n) is 3.19. The highest BCUT2D eigenvalue weighted by atomic mass is 31.1. The Bertz CT molecular complexity index is 219. The SMILES string of the molecule is CCC(CC)=C(CC)CC.O=[PH](O)O.O=[PH](O)O. The summed E-state index contributed by atoms with van der Waals surface area (Å²) in [5.41, 5.74) is 3.34. The van der Waals surface area contributed by atoms with Crippen LogP contribution in [0.3, 0.4) is 0 Å². The molecule has 0 spiro atoms. The van der Waals surface area contributed by atoms with Gasteiger partial charge in [-0.2, -0.15) is 0 Å². The first-order valence-electron chi connectivity index (χ1n) is 5.80. The number of hydrogen-bond acceptors (Lipinski definition) is 2. The first kappa shape index (κ1) is 23.2. The summed E-state index contributed by atoms with van der Waals surface area (Å²) in [6.07, 6.45) is 4.97. The van der Waals surface area contributed by atoms with Gasteiger partial charge in [0.25, 0.3) is 0 Å². The summed E-state index contributed by atoms with van der Waals surface area (Å²) < 4.78 is 17.5. The first-order valence-corrected chi connectivity index (χ1v) is 8.40. The van der Waals surface area contributed by atoms with Gasteiger partial charge in [-0.25, -0.2) is 0 Å². The molecule has 0 aliphatic rings. The second kappa shape index (κ2) is 17.0. The van der Waals surface area contributed by atoms with E-state index >= 15 is 0 Å². The van der Waals surface area contributed by atoms with Crippen LogP contribution in [-0.2, 0) is 9.13 Å². The number of rotatable bonds is 4. The van der Waals surface area contributed by atoms with Gasteiger partial charge in [0.1, 0.15) is 0 Å². The van der Waals surface area contributed by atoms with E-state index in [0.29, 0.717) is 0 Å². The largest absolute Gasteiger partial charge is 0.326 e. The summed E-state index contributed by atoms with van der Waals surface area (Å²) in [5, 5.41) is 0. The van der Waals surface area contributed by atoms with Crippen molar-refractivity contribution < 1.29 is 28.7 Å². The highest BCUT2D eigenvalue weighted by Crippen LogP contribution is 2.17. The van der Waals surface area contributed by atoms with Gasteiger partial charge in [-0.15, -0.1) is 0 Å². The molecule has 0 unspecified atom stereocenters. The number of hydrogen-bond donors (Lipinski definition) is 4. The minimum absolute atomic E-state index is 1.24. The molecule has 6 nitrogen and oxygen atoms in total. The van der Waals surface area contributed by atoms with Crippen molar-refractivity contribution >= 4 is 16.5 Å². The fourth-order valence-electron chi connectivity index (χ4n) is 1.50. The summed E-state index contributed by atoms with van der Waals surface area (Å²) in [6, 6.07) is 0. The van der Waals surface area contributed by atoms with Gasteiger partial charge in [-0.1, -0.05) is 38.8 Å². The van der Waals surface area contributed by atoms with Crippen molar-refractivity contribution in [1.82, 2.24) is 0 Å². The molecule has 0 bridgehead atoms. The molecule has 0 aromatic heterocycles. The van der Waals surface area contributed by atoms with Gasteiger partial charge in [-0.05, 0) is 25.7 Å². The predicted molar refractivity (Wildman–Crippen MR) is 75.1 cm³/mol. The Morgan fingerprint density at radius 1 is 0.667 bits per heavy atom. The summed E-state index contributed by atoms with van der Waals surface area (Å²) in [7, 11) is -6.26. The van der Waals surface area contributed by atoms with E-state index in [2.05, 4.69) is 27.7 Å². The van der Waals surface area contributed by atoms with E-state index in [9.17, 15) is 0 Å². The molecular weight excluding hydrogens is 278 g/mol. The molecule has 0 saturated heterocycles. The van der Waals surface area contributed by atoms with Crippen LogP contribution < -0.4 is 0 Å². The van der Waals surface area contributed by atoms with Gasteiger partial charge in [0.2, 0.25) is 0 Å². The maximum absolute atomic E-state index is 8.74. The zero-order valence-corrected chi connectivity index (χ0v) is 13.4. The van der Waals surface area contributed by atoms with Crippen LogP contribution >= 0.6 is 16.5 Å². The topological polar surface area (TPSA) is 115 Å². The van der Waals surface area contributed by atoms with Crippen LogP contribution in [-0.4, -0.2) is 19.6 Å². The lowest BCUT2D eigenvalue weighted by Crippen LogP contribution is -1.87. The molecule has 0 saturated carbocycles. The van der Waals surface area contributed by atoms with Gasteiger partial charge < -0.3 is 19.6 Å². The van der Waals surface area contributed by atoms with E-state index in [1.54, 1.807) is 11.1 Å². The molecule has 18 heavy (non-hydrogen) atoms. The van der Waals surface area contributed by atoms with Crippen LogP contribution in [0.5, 0.6) is 0 Å². The fraction of sp³-hybridized carbons (Fsp3) is 0.800. The van der Waals surface area contributed by atoms with Gasteiger partial charge in [0, 0.05) is 0 Å². The average molecular weight is 304 g/mol. The van der Waals surface area contributed by atoms with Crippen LogP contribution in [0, 0.1) is 0 Å². The van der Waals surface area contributed by atoms with Crippen LogP contribution in [0.1, 0.15) is 53.4 Å². The van der Waals surface area contributed by atoms with E-state index in [0.717, 1.165) is 0 Å². The van der Waals surface area contributed by atoms with Crippen molar-refractivity contribution in [3.63, 3.8) is 0 Å². The third-order valence-electron chi connectivity index (χ3n) is 2.21. The van der Waals surface area contributed by atoms with E-state index < -0.39 is 16.5 Å². The van der Waals surface area contributed by atoms with E-state index in [4.69, 9.17) is 28.7 Å². The van der Waals surface area contributed by atoms with Crippen LogP contribution in [0.25, 0.3) is 0 Å². The fourth-order valence-corrected chi connectivity index (χ4v) is 1.50. The lowest BCUT2D eigenvalue weighted by molar-refractivity contribution is 0.403. The monoisotopic (exact) mass is 304 g/mol. The van der Waals surface area contributed by atoms with Crippen LogP contribution in [0.15, 0.2) is 11.1 Å². The number of allylic oxidation sites excluding steroid dienone is 2. The van der Waals surface area contributed by atoms with E-state index in [1.165, 1.54) is 25.7 Å². The van der Waals surface area contributed by atoms with Gasteiger partial charge in [0.05, 0.1) is 0 Å². The third-order valence-corrected chi connectivity index (χ3v) is 2.21. The van der Waals surface area contributed by atoms with Crippen LogP contribution in [0.2, 0.25) is 0 Å². The van der Waals surface area contributed by atoms with Crippen molar-refractivity contribution in [1.29, 1.82) is 0 Å². The highest BCUT2D eigenvalue weighted by molar-refractivity contribution is 7.31. The van der Waals surface area contributed by atoms with E-state index in [1.807, 2.05) is 0 Å². The molecule has 0 rings (SSSR count). The Morgan fingerprint density at radius 2 is 0.778 bits per heavy atom. The summed E-state index contributed by atoms with van der Waals surface area (Å²) in [4.78, 5) is 28.6. The average Bonchev–Trinajstić information content (AvgIpc) is 2.24. The molecule has 0 amide bonds. The Hall–Kier alpha value is 0.0400. The lowest BCUT2D eigenvalue weighted by atomic mass is 9.99. The minimum Gasteiger partial charge on any atom is -0.326 e. The van der Waals surface area contributed by atoms with E-state index in [-0.39, 0.29) is 0 Å². The third kappa shape index (κ3) is 25.0. The summed E-state index contributed by atoms with van der Waals surface area (Å²) in [5.74, 6) is 0. The quantitative estimate of drug-likeness (QED) is 0.469. The van der Waals surface area contributed by atoms with Crippen LogP contribution in [0.4, 0.5) is 0 Å². The summed E-state index contributed by atoms with van der Waals surface area (Å²) >= 11 is 0. The van der Waals surface area contributed by atoms with Crippen molar-refractivity contribution in [2.24, 2.45) is 0 Å². The molecule has 0 aromatic carbocycles. The molecule has 4 N–H and O–H groups in total. The first-order chi connectivity index (χ1) is 8.26. The maximum Gasteiger partial charge on any atom is 0.314 e. The Morgan fingerprint density at radius 3 is 0.833 bits per heavy atom. The van der Waals surface area contributed by atoms with Crippen molar-refractivity contribution in [3.8, 4) is 0 Å². The molecule has 8 heteroatoms. The normalized spacial score (nSPS) is 9.22. The molecule has 0 atom stereocenters. The Labute approximate surface area is 110 Å². The maximum atomic E-state index is 8.74. The van der Waals surface area contributed by atoms with Gasteiger partial charge in [0.15, 0.2) is 0 Å². The highest BCUT2D eigenvalue weighted by Gasteiger charge is 1.97. The molecule has 0 fully saturated rings. The van der Waals surface area contributed by atoms with Crippen molar-refractivity contribution in [2.45, 2.75) is 53.4 Å². The molecule has 0 aliphatic heterocycles. The molecule has 0 radical (unpaired) electrons. The second-order valence-corrected chi connectivity index (χ2v) is 4.32. The van der Waals surface area contributed by atoms with Gasteiger partial charge in [-0.3, -0.25) is 9.13 Å². The molecule has 112 valence electrons. The molecule has 0 aromatic rings. The zero-order chi connectivity index (χ0) is 15.1. The zero-order valence-electron chi connectivity index (χ0n) is 11.4. The minimum atomic E-state index is -3.13. The lowest BCUT2D eigenvalue weighted by Gasteiger charge is -2.07. The van der Waals surface area contributed by atoms with Crippen molar-refractivity contribution in [2.75, 3.05) is 0 Å². The van der Waals surface area contributed by atoms with Gasteiger partial charge >= 0.3 is 16.5 Å². The Balaban J connectivity index is -0.000000233. The Kier molecular flexibility index (Phi) is 21.9. The smallest absolute Gasteiger partial charge is 0.314 e.